The molecule has 0 bridgehead atoms. The minimum Gasteiger partial charge on any atom is -0.454 e. The standard InChI is InChI=1S/C22H28N2O4S/c25-21(13-29-16-3-1-2-4-16)23-7-9-24(10-8-23)22(26)18-12-17(18)15-5-6-19-20(11-15)28-14-27-19/h5-6,11,16-18H,1-4,7-10,12-14H2/t17-,18+/m0/s1. The molecule has 3 fully saturated rings. The summed E-state index contributed by atoms with van der Waals surface area (Å²) in [6, 6.07) is 5.99. The summed E-state index contributed by atoms with van der Waals surface area (Å²) >= 11 is 1.82. The number of rotatable bonds is 5. The smallest absolute Gasteiger partial charge is 0.232 e. The molecular weight excluding hydrogens is 388 g/mol. The molecule has 1 saturated heterocycles. The monoisotopic (exact) mass is 416 g/mol. The Morgan fingerprint density at radius 2 is 1.72 bits per heavy atom. The van der Waals surface area contributed by atoms with Crippen LogP contribution in [0.2, 0.25) is 0 Å². The molecule has 7 heteroatoms. The molecule has 0 aromatic heterocycles. The number of hydrogen-bond donors (Lipinski definition) is 0. The topological polar surface area (TPSA) is 59.1 Å². The largest absolute Gasteiger partial charge is 0.454 e. The lowest BCUT2D eigenvalue weighted by molar-refractivity contribution is -0.139. The summed E-state index contributed by atoms with van der Waals surface area (Å²) in [5, 5.41) is 0.671. The van der Waals surface area contributed by atoms with Gasteiger partial charge in [-0.25, -0.2) is 0 Å². The Morgan fingerprint density at radius 3 is 2.52 bits per heavy atom. The molecule has 2 saturated carbocycles. The number of thioether (sulfide) groups is 1. The van der Waals surface area contributed by atoms with Crippen molar-refractivity contribution in [1.82, 2.24) is 9.80 Å². The molecule has 1 aromatic carbocycles. The van der Waals surface area contributed by atoms with E-state index in [-0.39, 0.29) is 30.4 Å². The number of nitrogens with zero attached hydrogens (tertiary/aromatic N) is 2. The van der Waals surface area contributed by atoms with Crippen LogP contribution in [0.5, 0.6) is 11.5 Å². The van der Waals surface area contributed by atoms with Crippen LogP contribution in [0.4, 0.5) is 0 Å². The molecule has 2 aliphatic heterocycles. The van der Waals surface area contributed by atoms with Gasteiger partial charge in [0.05, 0.1) is 5.75 Å². The van der Waals surface area contributed by atoms with Crippen molar-refractivity contribution in [2.24, 2.45) is 5.92 Å². The van der Waals surface area contributed by atoms with Crippen molar-refractivity contribution in [2.75, 3.05) is 38.7 Å². The molecule has 0 radical (unpaired) electrons. The van der Waals surface area contributed by atoms with E-state index in [1.807, 2.05) is 39.8 Å². The van der Waals surface area contributed by atoms with Crippen LogP contribution >= 0.6 is 11.8 Å². The summed E-state index contributed by atoms with van der Waals surface area (Å²) in [7, 11) is 0. The van der Waals surface area contributed by atoms with E-state index in [9.17, 15) is 9.59 Å². The Hall–Kier alpha value is -1.89. The van der Waals surface area contributed by atoms with Gasteiger partial charge >= 0.3 is 0 Å². The van der Waals surface area contributed by atoms with Gasteiger partial charge in [-0.2, -0.15) is 0 Å². The first kappa shape index (κ1) is 19.1. The first-order chi connectivity index (χ1) is 14.2. The van der Waals surface area contributed by atoms with Gasteiger partial charge in [-0.05, 0) is 42.9 Å². The molecule has 6 nitrogen and oxygen atoms in total. The van der Waals surface area contributed by atoms with Crippen LogP contribution in [0.15, 0.2) is 18.2 Å². The van der Waals surface area contributed by atoms with Gasteiger partial charge in [0.25, 0.3) is 0 Å². The maximum Gasteiger partial charge on any atom is 0.232 e. The first-order valence-electron chi connectivity index (χ1n) is 10.8. The van der Waals surface area contributed by atoms with E-state index in [1.165, 1.54) is 25.7 Å². The molecule has 0 spiro atoms. The van der Waals surface area contributed by atoms with Gasteiger partial charge in [0.1, 0.15) is 0 Å². The van der Waals surface area contributed by atoms with Crippen LogP contribution in [0.1, 0.15) is 43.6 Å². The second-order valence-electron chi connectivity index (χ2n) is 8.48. The second kappa shape index (κ2) is 8.09. The third-order valence-corrected chi connectivity index (χ3v) is 7.98. The van der Waals surface area contributed by atoms with E-state index < -0.39 is 0 Å². The van der Waals surface area contributed by atoms with E-state index in [1.54, 1.807) is 0 Å². The molecule has 1 aromatic rings. The Labute approximate surface area is 175 Å². The van der Waals surface area contributed by atoms with E-state index in [2.05, 4.69) is 0 Å². The second-order valence-corrected chi connectivity index (χ2v) is 9.77. The summed E-state index contributed by atoms with van der Waals surface area (Å²) in [6.07, 6.45) is 6.02. The molecule has 156 valence electrons. The van der Waals surface area contributed by atoms with Crippen LogP contribution in [0.25, 0.3) is 0 Å². The molecule has 2 amide bonds. The molecule has 0 unspecified atom stereocenters. The average molecular weight is 417 g/mol. The quantitative estimate of drug-likeness (QED) is 0.739. The van der Waals surface area contributed by atoms with Crippen LogP contribution in [0.3, 0.4) is 0 Å². The Bertz CT molecular complexity index is 787. The van der Waals surface area contributed by atoms with Crippen LogP contribution in [0, 0.1) is 5.92 Å². The normalized spacial score (nSPS) is 26.1. The van der Waals surface area contributed by atoms with E-state index in [0.717, 1.165) is 23.5 Å². The number of benzene rings is 1. The van der Waals surface area contributed by atoms with Crippen molar-refractivity contribution in [3.05, 3.63) is 23.8 Å². The van der Waals surface area contributed by atoms with Crippen molar-refractivity contribution in [2.45, 2.75) is 43.3 Å². The highest BCUT2D eigenvalue weighted by Gasteiger charge is 2.46. The zero-order valence-electron chi connectivity index (χ0n) is 16.7. The Balaban J connectivity index is 1.09. The van der Waals surface area contributed by atoms with Gasteiger partial charge in [0, 0.05) is 37.3 Å². The molecule has 2 atom stereocenters. The highest BCUT2D eigenvalue weighted by molar-refractivity contribution is 8.00. The van der Waals surface area contributed by atoms with Gasteiger partial charge in [0.15, 0.2) is 11.5 Å². The highest BCUT2D eigenvalue weighted by atomic mass is 32.2. The number of amides is 2. The van der Waals surface area contributed by atoms with Gasteiger partial charge in [0.2, 0.25) is 18.6 Å². The van der Waals surface area contributed by atoms with Gasteiger partial charge in [-0.15, -0.1) is 11.8 Å². The van der Waals surface area contributed by atoms with Crippen LogP contribution in [-0.4, -0.2) is 65.6 Å². The first-order valence-corrected chi connectivity index (χ1v) is 11.8. The number of ether oxygens (including phenoxy) is 2. The van der Waals surface area contributed by atoms with Gasteiger partial charge < -0.3 is 19.3 Å². The predicted molar refractivity (Wildman–Crippen MR) is 111 cm³/mol. The van der Waals surface area contributed by atoms with E-state index in [0.29, 0.717) is 37.2 Å². The van der Waals surface area contributed by atoms with Gasteiger partial charge in [-0.1, -0.05) is 18.9 Å². The molecule has 4 aliphatic rings. The summed E-state index contributed by atoms with van der Waals surface area (Å²) in [4.78, 5) is 29.3. The molecule has 2 aliphatic carbocycles. The fourth-order valence-electron chi connectivity index (χ4n) is 4.73. The Kier molecular flexibility index (Phi) is 5.33. The fourth-order valence-corrected chi connectivity index (χ4v) is 5.95. The minimum atomic E-state index is 0.0653. The number of carbonyl (C=O) groups is 2. The molecular formula is C22H28N2O4S. The van der Waals surface area contributed by atoms with E-state index in [4.69, 9.17) is 9.47 Å². The lowest BCUT2D eigenvalue weighted by atomic mass is 10.1. The molecule has 2 heterocycles. The SMILES string of the molecule is O=C(CSC1CCCC1)N1CCN(C(=O)[C@@H]2C[C@H]2c2ccc3c(c2)OCO3)CC1. The van der Waals surface area contributed by atoms with Crippen molar-refractivity contribution in [3.63, 3.8) is 0 Å². The maximum absolute atomic E-state index is 12.9. The van der Waals surface area contributed by atoms with Crippen molar-refractivity contribution < 1.29 is 19.1 Å². The fraction of sp³-hybridized carbons (Fsp3) is 0.636. The zero-order chi connectivity index (χ0) is 19.8. The number of fused-ring (bicyclic) bond motifs is 1. The van der Waals surface area contributed by atoms with Crippen molar-refractivity contribution in [1.29, 1.82) is 0 Å². The van der Waals surface area contributed by atoms with Crippen LogP contribution in [-0.2, 0) is 9.59 Å². The highest BCUT2D eigenvalue weighted by Crippen LogP contribution is 2.50. The lowest BCUT2D eigenvalue weighted by Gasteiger charge is -2.35. The molecule has 29 heavy (non-hydrogen) atoms. The summed E-state index contributed by atoms with van der Waals surface area (Å²) in [5.41, 5.74) is 1.16. The Morgan fingerprint density at radius 1 is 1.00 bits per heavy atom. The third kappa shape index (κ3) is 4.06. The summed E-state index contributed by atoms with van der Waals surface area (Å²) in [5.74, 6) is 2.97. The summed E-state index contributed by atoms with van der Waals surface area (Å²) < 4.78 is 10.8. The predicted octanol–water partition coefficient (Wildman–Crippen LogP) is 2.87. The maximum atomic E-state index is 12.9. The summed E-state index contributed by atoms with van der Waals surface area (Å²) in [6.45, 7) is 2.91. The van der Waals surface area contributed by atoms with Gasteiger partial charge in [-0.3, -0.25) is 9.59 Å². The van der Waals surface area contributed by atoms with E-state index >= 15 is 0 Å². The minimum absolute atomic E-state index is 0.0653. The number of piperazine rings is 1. The molecule has 0 N–H and O–H groups in total. The van der Waals surface area contributed by atoms with Crippen molar-refractivity contribution >= 4 is 23.6 Å². The lowest BCUT2D eigenvalue weighted by Crippen LogP contribution is -2.51. The third-order valence-electron chi connectivity index (χ3n) is 6.62. The molecule has 5 rings (SSSR count). The van der Waals surface area contributed by atoms with Crippen molar-refractivity contribution in [3.8, 4) is 11.5 Å². The number of carbonyl (C=O) groups excluding carboxylic acids is 2. The number of hydrogen-bond acceptors (Lipinski definition) is 5. The average Bonchev–Trinajstić information content (AvgIpc) is 3.14. The van der Waals surface area contributed by atoms with Crippen LogP contribution < -0.4 is 9.47 Å². The zero-order valence-corrected chi connectivity index (χ0v) is 17.5.